The molecule has 2 rings (SSSR count). The Morgan fingerprint density at radius 1 is 1.27 bits per heavy atom. The Kier molecular flexibility index (Phi) is 6.97. The summed E-state index contributed by atoms with van der Waals surface area (Å²) in [6.07, 6.45) is 0.728. The van der Waals surface area contributed by atoms with Crippen LogP contribution in [-0.2, 0) is 9.59 Å². The third kappa shape index (κ3) is 4.95. The molecule has 0 aliphatic rings. The van der Waals surface area contributed by atoms with E-state index in [1.54, 1.807) is 26.4 Å². The van der Waals surface area contributed by atoms with Crippen molar-refractivity contribution in [2.24, 2.45) is 5.92 Å². The number of benzene rings is 1. The Balaban J connectivity index is 2.04. The number of hydrogen-bond donors (Lipinski definition) is 2. The van der Waals surface area contributed by atoms with Crippen molar-refractivity contribution in [2.75, 3.05) is 26.1 Å². The number of thiazole rings is 1. The van der Waals surface area contributed by atoms with E-state index < -0.39 is 0 Å². The summed E-state index contributed by atoms with van der Waals surface area (Å²) in [5, 5.41) is 7.58. The molecule has 1 aromatic heterocycles. The highest BCUT2D eigenvalue weighted by atomic mass is 32.1. The van der Waals surface area contributed by atoms with E-state index in [1.165, 1.54) is 11.3 Å². The molecule has 1 unspecified atom stereocenters. The number of carbonyl (C=O) groups excluding carboxylic acids is 2. The predicted molar refractivity (Wildman–Crippen MR) is 102 cm³/mol. The summed E-state index contributed by atoms with van der Waals surface area (Å²) >= 11 is 1.30. The monoisotopic (exact) mass is 377 g/mol. The van der Waals surface area contributed by atoms with E-state index in [0.717, 1.165) is 12.0 Å². The maximum Gasteiger partial charge on any atom is 0.245 e. The first-order chi connectivity index (χ1) is 12.5. The second-order valence-corrected chi connectivity index (χ2v) is 6.54. The van der Waals surface area contributed by atoms with Crippen LogP contribution in [0.5, 0.6) is 11.5 Å². The first-order valence-electron chi connectivity index (χ1n) is 8.24. The molecule has 0 saturated carbocycles. The van der Waals surface area contributed by atoms with Crippen molar-refractivity contribution < 1.29 is 19.1 Å². The van der Waals surface area contributed by atoms with Gasteiger partial charge < -0.3 is 20.1 Å². The van der Waals surface area contributed by atoms with Crippen molar-refractivity contribution in [3.8, 4) is 22.8 Å². The van der Waals surface area contributed by atoms with Gasteiger partial charge in [-0.2, -0.15) is 0 Å². The van der Waals surface area contributed by atoms with Gasteiger partial charge in [-0.05, 0) is 24.6 Å². The first-order valence-corrected chi connectivity index (χ1v) is 9.11. The number of carbonyl (C=O) groups is 2. The average molecular weight is 377 g/mol. The molecular weight excluding hydrogens is 354 g/mol. The minimum Gasteiger partial charge on any atom is -0.497 e. The van der Waals surface area contributed by atoms with E-state index in [-0.39, 0.29) is 24.3 Å². The summed E-state index contributed by atoms with van der Waals surface area (Å²) in [6, 6.07) is 5.43. The molecule has 0 spiro atoms. The smallest absolute Gasteiger partial charge is 0.245 e. The van der Waals surface area contributed by atoms with E-state index >= 15 is 0 Å². The number of rotatable bonds is 8. The highest BCUT2D eigenvalue weighted by Gasteiger charge is 2.14. The van der Waals surface area contributed by atoms with E-state index in [0.29, 0.717) is 22.3 Å². The molecule has 8 heteroatoms. The Hall–Kier alpha value is -2.61. The van der Waals surface area contributed by atoms with E-state index in [4.69, 9.17) is 9.47 Å². The Labute approximate surface area is 156 Å². The number of aromatic nitrogens is 1. The fraction of sp³-hybridized carbons (Fsp3) is 0.389. The fourth-order valence-corrected chi connectivity index (χ4v) is 2.89. The Morgan fingerprint density at radius 3 is 2.69 bits per heavy atom. The van der Waals surface area contributed by atoms with Crippen LogP contribution in [0.1, 0.15) is 20.3 Å². The number of amides is 2. The van der Waals surface area contributed by atoms with Gasteiger partial charge in [0.15, 0.2) is 5.13 Å². The predicted octanol–water partition coefficient (Wildman–Crippen LogP) is 2.93. The SMILES string of the molecule is CCC(C)C(=O)NCC(=O)Nc1nc(-c2cc(OC)ccc2OC)cs1. The van der Waals surface area contributed by atoms with Gasteiger partial charge in [-0.15, -0.1) is 11.3 Å². The van der Waals surface area contributed by atoms with Crippen LogP contribution in [0.25, 0.3) is 11.3 Å². The van der Waals surface area contributed by atoms with Gasteiger partial charge in [0.25, 0.3) is 0 Å². The van der Waals surface area contributed by atoms with Crippen LogP contribution in [0, 0.1) is 5.92 Å². The summed E-state index contributed by atoms with van der Waals surface area (Å²) in [5.74, 6) is 0.778. The van der Waals surface area contributed by atoms with Crippen LogP contribution < -0.4 is 20.1 Å². The molecule has 0 radical (unpaired) electrons. The molecule has 2 amide bonds. The first kappa shape index (κ1) is 19.7. The summed E-state index contributed by atoms with van der Waals surface area (Å²) in [6.45, 7) is 3.66. The number of nitrogens with one attached hydrogen (secondary N) is 2. The lowest BCUT2D eigenvalue weighted by molar-refractivity contribution is -0.126. The van der Waals surface area contributed by atoms with Gasteiger partial charge >= 0.3 is 0 Å². The fourth-order valence-electron chi connectivity index (χ4n) is 2.16. The van der Waals surface area contributed by atoms with Crippen molar-refractivity contribution in [3.63, 3.8) is 0 Å². The normalized spacial score (nSPS) is 11.5. The molecule has 2 aromatic rings. The van der Waals surface area contributed by atoms with E-state index in [2.05, 4.69) is 15.6 Å². The van der Waals surface area contributed by atoms with Crippen molar-refractivity contribution in [2.45, 2.75) is 20.3 Å². The number of ether oxygens (including phenoxy) is 2. The van der Waals surface area contributed by atoms with Gasteiger partial charge in [0.05, 0.1) is 26.5 Å². The molecule has 0 fully saturated rings. The van der Waals surface area contributed by atoms with Gasteiger partial charge in [0.1, 0.15) is 11.5 Å². The highest BCUT2D eigenvalue weighted by Crippen LogP contribution is 2.34. The molecular formula is C18H23N3O4S. The Morgan fingerprint density at radius 2 is 2.04 bits per heavy atom. The summed E-state index contributed by atoms with van der Waals surface area (Å²) in [7, 11) is 3.17. The van der Waals surface area contributed by atoms with Crippen molar-refractivity contribution >= 4 is 28.3 Å². The molecule has 2 N–H and O–H groups in total. The van der Waals surface area contributed by atoms with Crippen molar-refractivity contribution in [1.29, 1.82) is 0 Å². The second-order valence-electron chi connectivity index (χ2n) is 5.68. The maximum absolute atomic E-state index is 12.0. The maximum atomic E-state index is 12.0. The van der Waals surface area contributed by atoms with Crippen LogP contribution in [0.2, 0.25) is 0 Å². The largest absolute Gasteiger partial charge is 0.497 e. The molecule has 1 heterocycles. The minimum atomic E-state index is -0.319. The molecule has 1 atom stereocenters. The minimum absolute atomic E-state index is 0.0828. The second kappa shape index (κ2) is 9.19. The zero-order valence-corrected chi connectivity index (χ0v) is 16.1. The van der Waals surface area contributed by atoms with Crippen LogP contribution in [0.3, 0.4) is 0 Å². The molecule has 140 valence electrons. The molecule has 7 nitrogen and oxygen atoms in total. The van der Waals surface area contributed by atoms with Crippen LogP contribution >= 0.6 is 11.3 Å². The molecule has 0 aliphatic carbocycles. The lowest BCUT2D eigenvalue weighted by Gasteiger charge is -2.09. The lowest BCUT2D eigenvalue weighted by Crippen LogP contribution is -2.35. The van der Waals surface area contributed by atoms with Gasteiger partial charge in [0, 0.05) is 16.9 Å². The van der Waals surface area contributed by atoms with Crippen LogP contribution in [0.15, 0.2) is 23.6 Å². The van der Waals surface area contributed by atoms with Crippen LogP contribution in [-0.4, -0.2) is 37.6 Å². The summed E-state index contributed by atoms with van der Waals surface area (Å²) in [4.78, 5) is 28.1. The van der Waals surface area contributed by atoms with E-state index in [1.807, 2.05) is 25.3 Å². The molecule has 0 bridgehead atoms. The topological polar surface area (TPSA) is 89.6 Å². The number of anilines is 1. The summed E-state index contributed by atoms with van der Waals surface area (Å²) in [5.41, 5.74) is 1.44. The lowest BCUT2D eigenvalue weighted by atomic mass is 10.1. The zero-order valence-electron chi connectivity index (χ0n) is 15.3. The van der Waals surface area contributed by atoms with E-state index in [9.17, 15) is 9.59 Å². The number of nitrogens with zero attached hydrogens (tertiary/aromatic N) is 1. The molecule has 26 heavy (non-hydrogen) atoms. The van der Waals surface area contributed by atoms with Gasteiger partial charge in [0.2, 0.25) is 11.8 Å². The van der Waals surface area contributed by atoms with Gasteiger partial charge in [-0.25, -0.2) is 4.98 Å². The highest BCUT2D eigenvalue weighted by molar-refractivity contribution is 7.14. The molecule has 1 aromatic carbocycles. The van der Waals surface area contributed by atoms with Gasteiger partial charge in [-0.1, -0.05) is 13.8 Å². The van der Waals surface area contributed by atoms with Crippen LogP contribution in [0.4, 0.5) is 5.13 Å². The third-order valence-electron chi connectivity index (χ3n) is 3.92. The molecule has 0 aliphatic heterocycles. The Bertz CT molecular complexity index is 776. The quantitative estimate of drug-likeness (QED) is 0.738. The molecule has 0 saturated heterocycles. The van der Waals surface area contributed by atoms with Gasteiger partial charge in [-0.3, -0.25) is 9.59 Å². The number of methoxy groups -OCH3 is 2. The standard InChI is InChI=1S/C18H23N3O4S/c1-5-11(2)17(23)19-9-16(22)21-18-20-14(10-26-18)13-8-12(24-3)6-7-15(13)25-4/h6-8,10-11H,5,9H2,1-4H3,(H,19,23)(H,20,21,22). The van der Waals surface area contributed by atoms with Crippen molar-refractivity contribution in [3.05, 3.63) is 23.6 Å². The zero-order chi connectivity index (χ0) is 19.1. The number of hydrogen-bond acceptors (Lipinski definition) is 6. The third-order valence-corrected chi connectivity index (χ3v) is 4.67. The van der Waals surface area contributed by atoms with Crippen molar-refractivity contribution in [1.82, 2.24) is 10.3 Å². The average Bonchev–Trinajstić information content (AvgIpc) is 3.12. The summed E-state index contributed by atoms with van der Waals surface area (Å²) < 4.78 is 10.6.